The third kappa shape index (κ3) is 6.01. The van der Waals surface area contributed by atoms with Gasteiger partial charge in [-0.1, -0.05) is 42.5 Å². The Morgan fingerprint density at radius 2 is 1.48 bits per heavy atom. The van der Waals surface area contributed by atoms with Gasteiger partial charge in [-0.15, -0.1) is 0 Å². The first kappa shape index (κ1) is 19.8. The molecule has 0 saturated carbocycles. The second kappa shape index (κ2) is 10.4. The minimum Gasteiger partial charge on any atom is -0.339 e. The van der Waals surface area contributed by atoms with Gasteiger partial charge in [0.15, 0.2) is 0 Å². The monoisotopic (exact) mass is 369 g/mol. The van der Waals surface area contributed by atoms with Crippen molar-refractivity contribution in [3.8, 4) is 0 Å². The van der Waals surface area contributed by atoms with Crippen molar-refractivity contribution in [3.05, 3.63) is 48.0 Å². The van der Waals surface area contributed by atoms with Crippen molar-refractivity contribution in [1.29, 1.82) is 0 Å². The van der Waals surface area contributed by atoms with Gasteiger partial charge in [-0.2, -0.15) is 0 Å². The van der Waals surface area contributed by atoms with Crippen molar-refractivity contribution < 1.29 is 4.79 Å². The fourth-order valence-electron chi connectivity index (χ4n) is 3.43. The van der Waals surface area contributed by atoms with Crippen LogP contribution in [-0.2, 0) is 11.2 Å². The van der Waals surface area contributed by atoms with E-state index in [-0.39, 0.29) is 5.91 Å². The second-order valence-corrected chi connectivity index (χ2v) is 7.07. The number of nitrogens with two attached hydrogens (primary N) is 1. The molecule has 6 heteroatoms. The Morgan fingerprint density at radius 3 is 2.15 bits per heavy atom. The molecule has 0 aliphatic carbocycles. The molecule has 1 fully saturated rings. The lowest BCUT2D eigenvalue weighted by Gasteiger charge is -2.27. The quantitative estimate of drug-likeness (QED) is 0.627. The average molecular weight is 370 g/mol. The highest BCUT2D eigenvalue weighted by atomic mass is 16.2. The molecule has 6 nitrogen and oxygen atoms in total. The molecular formula is C21H31N5O. The van der Waals surface area contributed by atoms with Crippen molar-refractivity contribution >= 4 is 16.7 Å². The number of rotatable bonds is 3. The van der Waals surface area contributed by atoms with Gasteiger partial charge in [0.05, 0.1) is 6.04 Å². The molecule has 27 heavy (non-hydrogen) atoms. The molecule has 0 radical (unpaired) electrons. The summed E-state index contributed by atoms with van der Waals surface area (Å²) in [4.78, 5) is 14.8. The summed E-state index contributed by atoms with van der Waals surface area (Å²) in [5, 5.41) is 12.5. The molecule has 5 N–H and O–H groups in total. The van der Waals surface area contributed by atoms with E-state index in [9.17, 15) is 4.79 Å². The van der Waals surface area contributed by atoms with Gasteiger partial charge in [0, 0.05) is 52.4 Å². The summed E-state index contributed by atoms with van der Waals surface area (Å²) in [6, 6.07) is 14.0. The van der Waals surface area contributed by atoms with Crippen LogP contribution in [0, 0.1) is 0 Å². The largest absolute Gasteiger partial charge is 0.339 e. The first-order valence-corrected chi connectivity index (χ1v) is 9.88. The van der Waals surface area contributed by atoms with E-state index in [0.29, 0.717) is 19.5 Å². The maximum absolute atomic E-state index is 12.9. The molecule has 1 aliphatic heterocycles. The molecule has 2 aromatic carbocycles. The average Bonchev–Trinajstić information content (AvgIpc) is 2.68. The summed E-state index contributed by atoms with van der Waals surface area (Å²) in [6.07, 6.45) is 0.560. The minimum absolute atomic E-state index is 0.0296. The lowest BCUT2D eigenvalue weighted by molar-refractivity contribution is -0.132. The number of amides is 1. The van der Waals surface area contributed by atoms with Gasteiger partial charge in [0.25, 0.3) is 0 Å². The third-order valence-electron chi connectivity index (χ3n) is 4.97. The highest BCUT2D eigenvalue weighted by Gasteiger charge is 2.21. The normalized spacial score (nSPS) is 18.5. The van der Waals surface area contributed by atoms with Crippen LogP contribution in [0.4, 0.5) is 0 Å². The number of nitrogens with one attached hydrogen (secondary N) is 3. The molecule has 1 heterocycles. The van der Waals surface area contributed by atoms with E-state index >= 15 is 0 Å². The predicted octanol–water partition coefficient (Wildman–Crippen LogP) is 0.321. The van der Waals surface area contributed by atoms with Crippen LogP contribution in [0.3, 0.4) is 0 Å². The van der Waals surface area contributed by atoms with Crippen LogP contribution < -0.4 is 21.7 Å². The molecule has 3 rings (SSSR count). The lowest BCUT2D eigenvalue weighted by atomic mass is 10.0. The summed E-state index contributed by atoms with van der Waals surface area (Å²) in [7, 11) is 0. The Bertz CT molecular complexity index is 723. The van der Waals surface area contributed by atoms with Crippen molar-refractivity contribution in [3.63, 3.8) is 0 Å². The highest BCUT2D eigenvalue weighted by molar-refractivity contribution is 5.84. The van der Waals surface area contributed by atoms with E-state index in [1.165, 1.54) is 10.8 Å². The van der Waals surface area contributed by atoms with E-state index in [4.69, 9.17) is 5.73 Å². The number of fused-ring (bicyclic) bond motifs is 1. The van der Waals surface area contributed by atoms with E-state index in [1.54, 1.807) is 0 Å². The maximum atomic E-state index is 12.9. The minimum atomic E-state index is -0.513. The fourth-order valence-corrected chi connectivity index (χ4v) is 3.43. The first-order chi connectivity index (χ1) is 13.2. The molecule has 0 bridgehead atoms. The van der Waals surface area contributed by atoms with E-state index < -0.39 is 6.04 Å². The Hall–Kier alpha value is -1.99. The highest BCUT2D eigenvalue weighted by Crippen LogP contribution is 2.16. The number of benzene rings is 2. The Kier molecular flexibility index (Phi) is 7.59. The van der Waals surface area contributed by atoms with Crippen LogP contribution in [0.2, 0.25) is 0 Å². The molecule has 0 unspecified atom stereocenters. The van der Waals surface area contributed by atoms with Crippen LogP contribution in [0.15, 0.2) is 42.5 Å². The Balaban J connectivity index is 1.60. The molecule has 1 saturated heterocycles. The van der Waals surface area contributed by atoms with Gasteiger partial charge in [0.1, 0.15) is 0 Å². The van der Waals surface area contributed by atoms with Crippen LogP contribution in [0.5, 0.6) is 0 Å². The number of carbonyl (C=O) groups is 1. The molecule has 1 amide bonds. The molecule has 146 valence electrons. The van der Waals surface area contributed by atoms with Gasteiger partial charge in [0.2, 0.25) is 5.91 Å². The van der Waals surface area contributed by atoms with Crippen LogP contribution in [-0.4, -0.2) is 69.2 Å². The lowest BCUT2D eigenvalue weighted by Crippen LogP contribution is -2.50. The standard InChI is InChI=1S/C21H31N5O/c22-20(16-17-5-6-18-3-1-2-4-19(18)15-17)21(27)26-13-11-24-9-7-23-8-10-25-12-14-26/h1-6,15,20,23-25H,7-14,16,22H2/t20-/m0/s1. The zero-order valence-corrected chi connectivity index (χ0v) is 15.9. The summed E-state index contributed by atoms with van der Waals surface area (Å²) >= 11 is 0. The third-order valence-corrected chi connectivity index (χ3v) is 4.97. The van der Waals surface area contributed by atoms with Gasteiger partial charge in [-0.3, -0.25) is 4.79 Å². The second-order valence-electron chi connectivity index (χ2n) is 7.07. The van der Waals surface area contributed by atoms with Crippen molar-refractivity contribution in [2.75, 3.05) is 52.4 Å². The molecular weight excluding hydrogens is 338 g/mol. The molecule has 0 spiro atoms. The number of hydrogen-bond acceptors (Lipinski definition) is 5. The van der Waals surface area contributed by atoms with Crippen molar-refractivity contribution in [2.45, 2.75) is 12.5 Å². The predicted molar refractivity (Wildman–Crippen MR) is 111 cm³/mol. The smallest absolute Gasteiger partial charge is 0.239 e. The van der Waals surface area contributed by atoms with E-state index in [0.717, 1.165) is 44.8 Å². The molecule has 2 aromatic rings. The number of nitrogens with zero attached hydrogens (tertiary/aromatic N) is 1. The van der Waals surface area contributed by atoms with Crippen LogP contribution >= 0.6 is 0 Å². The number of hydrogen-bond donors (Lipinski definition) is 4. The van der Waals surface area contributed by atoms with Gasteiger partial charge in [-0.25, -0.2) is 0 Å². The van der Waals surface area contributed by atoms with E-state index in [2.05, 4.69) is 46.3 Å². The number of carbonyl (C=O) groups excluding carboxylic acids is 1. The Labute approximate surface area is 161 Å². The zero-order valence-electron chi connectivity index (χ0n) is 15.9. The summed E-state index contributed by atoms with van der Waals surface area (Å²) in [5.41, 5.74) is 7.40. The van der Waals surface area contributed by atoms with Crippen molar-refractivity contribution in [2.24, 2.45) is 5.73 Å². The fraction of sp³-hybridized carbons (Fsp3) is 0.476. The van der Waals surface area contributed by atoms with Crippen LogP contribution in [0.25, 0.3) is 10.8 Å². The summed E-state index contributed by atoms with van der Waals surface area (Å²) in [5.74, 6) is 0.0296. The Morgan fingerprint density at radius 1 is 0.889 bits per heavy atom. The molecule has 0 aromatic heterocycles. The molecule has 1 aliphatic rings. The summed E-state index contributed by atoms with van der Waals surface area (Å²) in [6.45, 7) is 6.65. The maximum Gasteiger partial charge on any atom is 0.239 e. The summed E-state index contributed by atoms with van der Waals surface area (Å²) < 4.78 is 0. The van der Waals surface area contributed by atoms with E-state index in [1.807, 2.05) is 17.0 Å². The topological polar surface area (TPSA) is 82.4 Å². The van der Waals surface area contributed by atoms with Crippen molar-refractivity contribution in [1.82, 2.24) is 20.9 Å². The SMILES string of the molecule is N[C@@H](Cc1ccc2ccccc2c1)C(=O)N1CCNCCNCCNCC1. The molecule has 1 atom stereocenters. The van der Waals surface area contributed by atoms with Gasteiger partial charge in [-0.05, 0) is 22.8 Å². The van der Waals surface area contributed by atoms with Crippen LogP contribution in [0.1, 0.15) is 5.56 Å². The van der Waals surface area contributed by atoms with Gasteiger partial charge < -0.3 is 26.6 Å². The zero-order chi connectivity index (χ0) is 18.9. The van der Waals surface area contributed by atoms with Gasteiger partial charge >= 0.3 is 0 Å². The first-order valence-electron chi connectivity index (χ1n) is 9.88.